The highest BCUT2D eigenvalue weighted by molar-refractivity contribution is 9.10. The highest BCUT2D eigenvalue weighted by atomic mass is 79.9. The SMILES string of the molecule is O=c1n(CCN2CCOC(c3cccc(Br)c3)C2)nc2ccccn12. The molecule has 1 aliphatic rings. The maximum absolute atomic E-state index is 12.3. The predicted molar refractivity (Wildman–Crippen MR) is 98.7 cm³/mol. The van der Waals surface area contributed by atoms with Gasteiger partial charge in [-0.2, -0.15) is 0 Å². The molecule has 1 aromatic carbocycles. The molecule has 0 N–H and O–H groups in total. The average molecular weight is 403 g/mol. The smallest absolute Gasteiger partial charge is 0.350 e. The first-order valence-corrected chi connectivity index (χ1v) is 9.13. The number of nitrogens with zero attached hydrogens (tertiary/aromatic N) is 4. The minimum absolute atomic E-state index is 0.0593. The van der Waals surface area contributed by atoms with Crippen molar-refractivity contribution in [1.29, 1.82) is 0 Å². The van der Waals surface area contributed by atoms with Crippen LogP contribution in [0.5, 0.6) is 0 Å². The Bertz CT molecular complexity index is 936. The quantitative estimate of drug-likeness (QED) is 0.671. The molecule has 7 heteroatoms. The van der Waals surface area contributed by atoms with E-state index in [0.717, 1.165) is 24.1 Å². The summed E-state index contributed by atoms with van der Waals surface area (Å²) in [6.45, 7) is 3.73. The Hall–Kier alpha value is -1.96. The van der Waals surface area contributed by atoms with Gasteiger partial charge in [0, 0.05) is 30.3 Å². The Balaban J connectivity index is 1.44. The van der Waals surface area contributed by atoms with Gasteiger partial charge in [0.05, 0.1) is 19.3 Å². The minimum atomic E-state index is -0.0904. The number of rotatable bonds is 4. The molecule has 0 spiro atoms. The van der Waals surface area contributed by atoms with Gasteiger partial charge >= 0.3 is 5.69 Å². The van der Waals surface area contributed by atoms with E-state index in [2.05, 4.69) is 38.1 Å². The first-order chi connectivity index (χ1) is 12.2. The lowest BCUT2D eigenvalue weighted by Crippen LogP contribution is -2.41. The van der Waals surface area contributed by atoms with Crippen molar-refractivity contribution in [3.63, 3.8) is 0 Å². The summed E-state index contributed by atoms with van der Waals surface area (Å²) in [5.74, 6) is 0. The van der Waals surface area contributed by atoms with Crippen LogP contribution >= 0.6 is 15.9 Å². The third kappa shape index (κ3) is 3.53. The number of aromatic nitrogens is 3. The lowest BCUT2D eigenvalue weighted by atomic mass is 10.1. The molecule has 1 fully saturated rings. The molecule has 1 unspecified atom stereocenters. The molecule has 1 atom stereocenters. The van der Waals surface area contributed by atoms with E-state index in [-0.39, 0.29) is 11.8 Å². The van der Waals surface area contributed by atoms with Crippen LogP contribution in [0, 0.1) is 0 Å². The molecule has 2 aromatic heterocycles. The van der Waals surface area contributed by atoms with Gasteiger partial charge in [-0.05, 0) is 29.8 Å². The second-order valence-corrected chi connectivity index (χ2v) is 7.07. The zero-order valence-electron chi connectivity index (χ0n) is 13.7. The number of hydrogen-bond acceptors (Lipinski definition) is 4. The maximum atomic E-state index is 12.3. The van der Waals surface area contributed by atoms with E-state index in [4.69, 9.17) is 4.74 Å². The monoisotopic (exact) mass is 402 g/mol. The minimum Gasteiger partial charge on any atom is -0.371 e. The summed E-state index contributed by atoms with van der Waals surface area (Å²) in [7, 11) is 0. The summed E-state index contributed by atoms with van der Waals surface area (Å²) in [5, 5.41) is 4.39. The molecule has 0 bridgehead atoms. The van der Waals surface area contributed by atoms with Crippen LogP contribution in [0.1, 0.15) is 11.7 Å². The first kappa shape index (κ1) is 16.5. The van der Waals surface area contributed by atoms with Gasteiger partial charge in [0.25, 0.3) is 0 Å². The normalized spacial score (nSPS) is 18.7. The Kier molecular flexibility index (Phi) is 4.70. The van der Waals surface area contributed by atoms with Crippen LogP contribution in [0.3, 0.4) is 0 Å². The van der Waals surface area contributed by atoms with E-state index in [9.17, 15) is 4.79 Å². The van der Waals surface area contributed by atoms with Gasteiger partial charge in [0.2, 0.25) is 0 Å². The van der Waals surface area contributed by atoms with E-state index in [1.165, 1.54) is 5.56 Å². The molecule has 0 saturated carbocycles. The third-order valence-corrected chi connectivity index (χ3v) is 4.98. The number of ether oxygens (including phenoxy) is 1. The number of pyridine rings is 1. The van der Waals surface area contributed by atoms with E-state index in [1.807, 2.05) is 30.3 Å². The Labute approximate surface area is 153 Å². The van der Waals surface area contributed by atoms with Crippen LogP contribution in [0.4, 0.5) is 0 Å². The summed E-state index contributed by atoms with van der Waals surface area (Å²) in [4.78, 5) is 14.7. The average Bonchev–Trinajstić information content (AvgIpc) is 2.97. The molecular weight excluding hydrogens is 384 g/mol. The second-order valence-electron chi connectivity index (χ2n) is 6.15. The molecule has 130 valence electrons. The number of fused-ring (bicyclic) bond motifs is 1. The van der Waals surface area contributed by atoms with E-state index < -0.39 is 0 Å². The Morgan fingerprint density at radius 1 is 1.20 bits per heavy atom. The number of halogens is 1. The highest BCUT2D eigenvalue weighted by Crippen LogP contribution is 2.24. The zero-order chi connectivity index (χ0) is 17.2. The van der Waals surface area contributed by atoms with Gasteiger partial charge in [0.15, 0.2) is 5.65 Å². The lowest BCUT2D eigenvalue weighted by Gasteiger charge is -2.33. The van der Waals surface area contributed by atoms with Gasteiger partial charge in [-0.15, -0.1) is 5.10 Å². The molecule has 4 rings (SSSR count). The topological polar surface area (TPSA) is 51.8 Å². The van der Waals surface area contributed by atoms with Gasteiger partial charge in [0.1, 0.15) is 0 Å². The van der Waals surface area contributed by atoms with Crippen molar-refractivity contribution < 1.29 is 4.74 Å². The van der Waals surface area contributed by atoms with Crippen molar-refractivity contribution in [2.75, 3.05) is 26.2 Å². The fraction of sp³-hybridized carbons (Fsp3) is 0.333. The molecule has 1 saturated heterocycles. The number of benzene rings is 1. The summed E-state index contributed by atoms with van der Waals surface area (Å²) in [6, 6.07) is 13.8. The summed E-state index contributed by atoms with van der Waals surface area (Å²) < 4.78 is 10.1. The van der Waals surface area contributed by atoms with Crippen LogP contribution in [-0.4, -0.2) is 45.3 Å². The predicted octanol–water partition coefficient (Wildman–Crippen LogP) is 2.33. The molecule has 6 nitrogen and oxygen atoms in total. The van der Waals surface area contributed by atoms with Crippen molar-refractivity contribution in [2.24, 2.45) is 0 Å². The molecule has 1 aliphatic heterocycles. The van der Waals surface area contributed by atoms with Crippen molar-refractivity contribution in [3.8, 4) is 0 Å². The summed E-state index contributed by atoms with van der Waals surface area (Å²) >= 11 is 3.51. The molecule has 25 heavy (non-hydrogen) atoms. The molecule has 0 aliphatic carbocycles. The largest absolute Gasteiger partial charge is 0.371 e. The first-order valence-electron chi connectivity index (χ1n) is 8.34. The molecule has 0 radical (unpaired) electrons. The van der Waals surface area contributed by atoms with E-state index in [0.29, 0.717) is 18.8 Å². The third-order valence-electron chi connectivity index (χ3n) is 4.49. The fourth-order valence-corrected chi connectivity index (χ4v) is 3.58. The maximum Gasteiger partial charge on any atom is 0.350 e. The van der Waals surface area contributed by atoms with Crippen LogP contribution < -0.4 is 5.69 Å². The van der Waals surface area contributed by atoms with Gasteiger partial charge in [-0.25, -0.2) is 9.48 Å². The van der Waals surface area contributed by atoms with Gasteiger partial charge in [-0.3, -0.25) is 9.30 Å². The number of morpholine rings is 1. The summed E-state index contributed by atoms with van der Waals surface area (Å²) in [5.41, 5.74) is 1.76. The molecular formula is C18H19BrN4O2. The van der Waals surface area contributed by atoms with Crippen LogP contribution in [0.2, 0.25) is 0 Å². The van der Waals surface area contributed by atoms with Crippen LogP contribution in [0.25, 0.3) is 5.65 Å². The highest BCUT2D eigenvalue weighted by Gasteiger charge is 2.22. The number of hydrogen-bond donors (Lipinski definition) is 0. The van der Waals surface area contributed by atoms with Crippen molar-refractivity contribution in [1.82, 2.24) is 19.1 Å². The second kappa shape index (κ2) is 7.11. The molecule has 3 aromatic rings. The summed E-state index contributed by atoms with van der Waals surface area (Å²) in [6.07, 6.45) is 1.81. The Morgan fingerprint density at radius 2 is 2.12 bits per heavy atom. The lowest BCUT2D eigenvalue weighted by molar-refractivity contribution is -0.0312. The Morgan fingerprint density at radius 3 is 2.96 bits per heavy atom. The van der Waals surface area contributed by atoms with Crippen molar-refractivity contribution >= 4 is 21.6 Å². The van der Waals surface area contributed by atoms with Crippen molar-refractivity contribution in [2.45, 2.75) is 12.6 Å². The molecule has 3 heterocycles. The van der Waals surface area contributed by atoms with Gasteiger partial charge in [-0.1, -0.05) is 34.1 Å². The standard InChI is InChI=1S/C18H19BrN4O2/c19-15-5-3-4-14(12-15)16-13-21(10-11-25-16)8-9-23-18(24)22-7-2-1-6-17(22)20-23/h1-7,12,16H,8-11,13H2. The van der Waals surface area contributed by atoms with Crippen LogP contribution in [0.15, 0.2) is 57.9 Å². The fourth-order valence-electron chi connectivity index (χ4n) is 3.16. The molecule has 0 amide bonds. The zero-order valence-corrected chi connectivity index (χ0v) is 15.3. The van der Waals surface area contributed by atoms with E-state index in [1.54, 1.807) is 15.3 Å². The van der Waals surface area contributed by atoms with Crippen LogP contribution in [-0.2, 0) is 11.3 Å². The van der Waals surface area contributed by atoms with Gasteiger partial charge < -0.3 is 4.74 Å². The van der Waals surface area contributed by atoms with E-state index >= 15 is 0 Å². The van der Waals surface area contributed by atoms with Crippen molar-refractivity contribution in [3.05, 3.63) is 69.2 Å².